The number of primary amides is 1. The first-order valence-electron chi connectivity index (χ1n) is 8.95. The number of rotatable bonds is 6. The molecule has 2 aromatic rings. The van der Waals surface area contributed by atoms with E-state index in [1.165, 1.54) is 24.5 Å². The molecule has 1 atom stereocenters. The molecule has 0 saturated heterocycles. The quantitative estimate of drug-likeness (QED) is 0.723. The standard InChI is InChI=1S/C20H22N2O5S/c1-11-7-8-13-15(9-11)28-19(17(13)20(25)26-2)22-16(23)10-27-14-6-4-3-5-12(14)18(21)24/h3-6,11H,7-10H2,1-2H3,(H2,21,24)(H,22,23). The van der Waals surface area contributed by atoms with E-state index < -0.39 is 17.8 Å². The van der Waals surface area contributed by atoms with Crippen molar-refractivity contribution in [2.24, 2.45) is 11.7 Å². The van der Waals surface area contributed by atoms with E-state index in [-0.39, 0.29) is 17.9 Å². The lowest BCUT2D eigenvalue weighted by molar-refractivity contribution is -0.118. The minimum absolute atomic E-state index is 0.200. The Morgan fingerprint density at radius 3 is 2.75 bits per heavy atom. The normalized spacial score (nSPS) is 15.4. The molecule has 1 aliphatic rings. The summed E-state index contributed by atoms with van der Waals surface area (Å²) >= 11 is 1.41. The molecule has 0 aliphatic heterocycles. The summed E-state index contributed by atoms with van der Waals surface area (Å²) in [7, 11) is 1.33. The second-order valence-corrected chi connectivity index (χ2v) is 7.85. The fourth-order valence-corrected chi connectivity index (χ4v) is 4.67. The zero-order valence-corrected chi connectivity index (χ0v) is 16.6. The molecule has 1 aromatic heterocycles. The maximum Gasteiger partial charge on any atom is 0.341 e. The Hall–Kier alpha value is -2.87. The second-order valence-electron chi connectivity index (χ2n) is 6.74. The van der Waals surface area contributed by atoms with Gasteiger partial charge in [-0.25, -0.2) is 4.79 Å². The molecule has 0 radical (unpaired) electrons. The average molecular weight is 402 g/mol. The van der Waals surface area contributed by atoms with Crippen LogP contribution in [0.5, 0.6) is 5.75 Å². The first-order valence-corrected chi connectivity index (χ1v) is 9.76. The minimum Gasteiger partial charge on any atom is -0.483 e. The van der Waals surface area contributed by atoms with Gasteiger partial charge >= 0.3 is 5.97 Å². The van der Waals surface area contributed by atoms with Crippen molar-refractivity contribution in [1.29, 1.82) is 0 Å². The summed E-state index contributed by atoms with van der Waals surface area (Å²) in [5.41, 5.74) is 6.91. The number of carbonyl (C=O) groups is 3. The minimum atomic E-state index is -0.635. The molecule has 1 aromatic carbocycles. The Labute approximate surface area is 166 Å². The molecule has 1 unspecified atom stereocenters. The number of methoxy groups -OCH3 is 1. The molecule has 7 nitrogen and oxygen atoms in total. The van der Waals surface area contributed by atoms with Crippen molar-refractivity contribution >= 4 is 34.1 Å². The highest BCUT2D eigenvalue weighted by molar-refractivity contribution is 7.17. The van der Waals surface area contributed by atoms with Crippen LogP contribution in [0.1, 0.15) is 44.5 Å². The molecular formula is C20H22N2O5S. The number of hydrogen-bond acceptors (Lipinski definition) is 6. The number of benzene rings is 1. The third kappa shape index (κ3) is 4.17. The van der Waals surface area contributed by atoms with Gasteiger partial charge < -0.3 is 20.5 Å². The van der Waals surface area contributed by atoms with Crippen molar-refractivity contribution in [3.8, 4) is 5.75 Å². The van der Waals surface area contributed by atoms with Gasteiger partial charge in [-0.05, 0) is 42.9 Å². The van der Waals surface area contributed by atoms with Gasteiger partial charge in [-0.2, -0.15) is 0 Å². The molecule has 0 bridgehead atoms. The van der Waals surface area contributed by atoms with Gasteiger partial charge in [0.1, 0.15) is 10.8 Å². The summed E-state index contributed by atoms with van der Waals surface area (Å²) in [4.78, 5) is 37.2. The van der Waals surface area contributed by atoms with E-state index in [1.807, 2.05) is 0 Å². The number of nitrogens with one attached hydrogen (secondary N) is 1. The van der Waals surface area contributed by atoms with Crippen LogP contribution in [0.2, 0.25) is 0 Å². The van der Waals surface area contributed by atoms with E-state index in [0.29, 0.717) is 16.5 Å². The Morgan fingerprint density at radius 2 is 2.04 bits per heavy atom. The number of hydrogen-bond donors (Lipinski definition) is 2. The third-order valence-corrected chi connectivity index (χ3v) is 5.84. The maximum absolute atomic E-state index is 12.4. The predicted molar refractivity (Wildman–Crippen MR) is 106 cm³/mol. The van der Waals surface area contributed by atoms with E-state index in [1.54, 1.807) is 18.2 Å². The van der Waals surface area contributed by atoms with Crippen molar-refractivity contribution < 1.29 is 23.9 Å². The van der Waals surface area contributed by atoms with E-state index in [9.17, 15) is 14.4 Å². The lowest BCUT2D eigenvalue weighted by Crippen LogP contribution is -2.22. The Bertz CT molecular complexity index is 921. The van der Waals surface area contributed by atoms with Gasteiger partial charge in [-0.1, -0.05) is 19.1 Å². The number of carbonyl (C=O) groups excluding carboxylic acids is 3. The number of fused-ring (bicyclic) bond motifs is 1. The van der Waals surface area contributed by atoms with Crippen molar-refractivity contribution in [3.05, 3.63) is 45.8 Å². The Morgan fingerprint density at radius 1 is 1.29 bits per heavy atom. The molecule has 0 spiro atoms. The highest BCUT2D eigenvalue weighted by Gasteiger charge is 2.29. The number of esters is 1. The number of amides is 2. The van der Waals surface area contributed by atoms with Gasteiger partial charge in [0.15, 0.2) is 6.61 Å². The van der Waals surface area contributed by atoms with Crippen LogP contribution in [0.15, 0.2) is 24.3 Å². The van der Waals surface area contributed by atoms with Crippen LogP contribution in [0.3, 0.4) is 0 Å². The van der Waals surface area contributed by atoms with Crippen LogP contribution in [0.25, 0.3) is 0 Å². The van der Waals surface area contributed by atoms with Crippen molar-refractivity contribution in [1.82, 2.24) is 0 Å². The van der Waals surface area contributed by atoms with Crippen LogP contribution >= 0.6 is 11.3 Å². The van der Waals surface area contributed by atoms with Crippen LogP contribution in [0, 0.1) is 5.92 Å². The Kier molecular flexibility index (Phi) is 5.99. The largest absolute Gasteiger partial charge is 0.483 e. The van der Waals surface area contributed by atoms with Gasteiger partial charge in [-0.3, -0.25) is 9.59 Å². The van der Waals surface area contributed by atoms with Gasteiger partial charge in [0, 0.05) is 4.88 Å². The summed E-state index contributed by atoms with van der Waals surface area (Å²) in [6.07, 6.45) is 2.66. The van der Waals surface area contributed by atoms with E-state index in [2.05, 4.69) is 12.2 Å². The fraction of sp³-hybridized carbons (Fsp3) is 0.350. The lowest BCUT2D eigenvalue weighted by Gasteiger charge is -2.18. The molecule has 1 aliphatic carbocycles. The maximum atomic E-state index is 12.4. The summed E-state index contributed by atoms with van der Waals surface area (Å²) in [6, 6.07) is 6.44. The van der Waals surface area contributed by atoms with E-state index >= 15 is 0 Å². The highest BCUT2D eigenvalue weighted by Crippen LogP contribution is 2.40. The molecule has 3 N–H and O–H groups in total. The molecule has 3 rings (SSSR count). The summed E-state index contributed by atoms with van der Waals surface area (Å²) in [5, 5.41) is 3.23. The smallest absolute Gasteiger partial charge is 0.341 e. The van der Waals surface area contributed by atoms with Crippen LogP contribution in [-0.2, 0) is 22.4 Å². The predicted octanol–water partition coefficient (Wildman–Crippen LogP) is 2.78. The number of nitrogens with two attached hydrogens (primary N) is 1. The molecule has 8 heteroatoms. The number of ether oxygens (including phenoxy) is 2. The van der Waals surface area contributed by atoms with Crippen molar-refractivity contribution in [2.45, 2.75) is 26.2 Å². The first-order chi connectivity index (χ1) is 13.4. The molecule has 0 saturated carbocycles. The first kappa shape index (κ1) is 19.9. The Balaban J connectivity index is 1.76. The number of para-hydroxylation sites is 1. The van der Waals surface area contributed by atoms with Gasteiger partial charge in [0.25, 0.3) is 11.8 Å². The lowest BCUT2D eigenvalue weighted by atomic mass is 9.88. The van der Waals surface area contributed by atoms with Crippen LogP contribution in [0.4, 0.5) is 5.00 Å². The van der Waals surface area contributed by atoms with Crippen molar-refractivity contribution in [3.63, 3.8) is 0 Å². The van der Waals surface area contributed by atoms with Gasteiger partial charge in [0.05, 0.1) is 18.2 Å². The third-order valence-electron chi connectivity index (χ3n) is 4.67. The summed E-state index contributed by atoms with van der Waals surface area (Å²) in [6.45, 7) is 1.85. The number of anilines is 1. The van der Waals surface area contributed by atoms with Gasteiger partial charge in [-0.15, -0.1) is 11.3 Å². The molecular weight excluding hydrogens is 380 g/mol. The van der Waals surface area contributed by atoms with E-state index in [0.717, 1.165) is 29.7 Å². The molecule has 1 heterocycles. The zero-order valence-electron chi connectivity index (χ0n) is 15.7. The van der Waals surface area contributed by atoms with Gasteiger partial charge in [0.2, 0.25) is 0 Å². The zero-order chi connectivity index (χ0) is 20.3. The van der Waals surface area contributed by atoms with Crippen LogP contribution in [-0.4, -0.2) is 31.5 Å². The summed E-state index contributed by atoms with van der Waals surface area (Å²) < 4.78 is 10.4. The fourth-order valence-electron chi connectivity index (χ4n) is 3.26. The monoisotopic (exact) mass is 402 g/mol. The molecule has 148 valence electrons. The molecule has 0 fully saturated rings. The summed E-state index contributed by atoms with van der Waals surface area (Å²) in [5.74, 6) is -0.756. The van der Waals surface area contributed by atoms with E-state index in [4.69, 9.17) is 15.2 Å². The SMILES string of the molecule is COC(=O)c1c(NC(=O)COc2ccccc2C(N)=O)sc2c1CCC(C)C2. The van der Waals surface area contributed by atoms with Crippen LogP contribution < -0.4 is 15.8 Å². The topological polar surface area (TPSA) is 108 Å². The molecule has 28 heavy (non-hydrogen) atoms. The highest BCUT2D eigenvalue weighted by atomic mass is 32.1. The average Bonchev–Trinajstić information content (AvgIpc) is 3.02. The second kappa shape index (κ2) is 8.43. The number of thiophene rings is 1. The van der Waals surface area contributed by atoms with Crippen molar-refractivity contribution in [2.75, 3.05) is 19.0 Å². The molecule has 2 amide bonds.